The van der Waals surface area contributed by atoms with E-state index in [9.17, 15) is 0 Å². The molecule has 2 atom stereocenters. The third-order valence-corrected chi connectivity index (χ3v) is 8.43. The highest BCUT2D eigenvalue weighted by Crippen LogP contribution is 2.39. The van der Waals surface area contributed by atoms with E-state index in [1.807, 2.05) is 24.8 Å². The Morgan fingerprint density at radius 2 is 1.18 bits per heavy atom. The maximum absolute atomic E-state index is 5.81. The van der Waals surface area contributed by atoms with Crippen LogP contribution in [0.2, 0.25) is 0 Å². The van der Waals surface area contributed by atoms with Crippen molar-refractivity contribution in [1.29, 1.82) is 0 Å². The van der Waals surface area contributed by atoms with Crippen molar-refractivity contribution in [2.24, 2.45) is 0 Å². The topological polar surface area (TPSA) is 118 Å². The lowest BCUT2D eigenvalue weighted by atomic mass is 10.0. The molecule has 10 nitrogen and oxygen atoms in total. The summed E-state index contributed by atoms with van der Waals surface area (Å²) in [6.45, 7) is 11.4. The fourth-order valence-electron chi connectivity index (χ4n) is 5.49. The first kappa shape index (κ1) is 31.0. The number of hydrogen-bond donors (Lipinski definition) is 4. The molecule has 4 N–H and O–H groups in total. The number of nitrogens with zero attached hydrogens (tertiary/aromatic N) is 4. The molecule has 10 heteroatoms. The molecule has 2 aliphatic heterocycles. The minimum absolute atomic E-state index is 0.140. The van der Waals surface area contributed by atoms with E-state index in [2.05, 4.69) is 98.4 Å². The first-order chi connectivity index (χ1) is 22.1. The largest absolute Gasteiger partial charge is 0.371 e. The van der Waals surface area contributed by atoms with E-state index < -0.39 is 0 Å². The lowest BCUT2D eigenvalue weighted by Gasteiger charge is -2.24. The minimum atomic E-state index is 0.140. The summed E-state index contributed by atoms with van der Waals surface area (Å²) in [6.07, 6.45) is 11.4. The van der Waals surface area contributed by atoms with Crippen LogP contribution in [0.5, 0.6) is 0 Å². The number of rotatable bonds is 8. The van der Waals surface area contributed by atoms with Gasteiger partial charge in [-0.3, -0.25) is 0 Å². The van der Waals surface area contributed by atoms with Crippen LogP contribution in [0.25, 0.3) is 0 Å². The highest BCUT2D eigenvalue weighted by molar-refractivity contribution is 5.60. The quantitative estimate of drug-likeness (QED) is 0.195. The molecule has 1 saturated carbocycles. The summed E-state index contributed by atoms with van der Waals surface area (Å²) in [5.41, 5.74) is 9.21. The summed E-state index contributed by atoms with van der Waals surface area (Å²) in [6, 6.07) is 12.7. The molecule has 0 bridgehead atoms. The van der Waals surface area contributed by atoms with Crippen molar-refractivity contribution >= 4 is 23.3 Å². The van der Waals surface area contributed by atoms with Gasteiger partial charge in [0.1, 0.15) is 0 Å². The normalized spacial score (nSPS) is 19.7. The van der Waals surface area contributed by atoms with Crippen LogP contribution >= 0.6 is 0 Å². The molecule has 0 radical (unpaired) electrons. The highest BCUT2D eigenvalue weighted by atomic mass is 16.5. The average Bonchev–Trinajstić information content (AvgIpc) is 3.94. The summed E-state index contributed by atoms with van der Waals surface area (Å²) in [7, 11) is 0. The van der Waals surface area contributed by atoms with E-state index in [-0.39, 0.29) is 12.2 Å². The van der Waals surface area contributed by atoms with Crippen molar-refractivity contribution < 1.29 is 9.47 Å². The number of aromatic nitrogens is 4. The van der Waals surface area contributed by atoms with Gasteiger partial charge in [0.2, 0.25) is 11.9 Å². The van der Waals surface area contributed by atoms with E-state index in [1.165, 1.54) is 35.1 Å². The van der Waals surface area contributed by atoms with Gasteiger partial charge in [-0.2, -0.15) is 0 Å². The molecule has 7 rings (SSSR count). The van der Waals surface area contributed by atoms with E-state index >= 15 is 0 Å². The lowest BCUT2D eigenvalue weighted by Crippen LogP contribution is -2.33. The van der Waals surface area contributed by atoms with E-state index in [4.69, 9.17) is 9.47 Å². The molecule has 4 heterocycles. The molecule has 2 aromatic carbocycles. The molecule has 236 valence electrons. The summed E-state index contributed by atoms with van der Waals surface area (Å²) in [5.74, 6) is 1.97. The van der Waals surface area contributed by atoms with Crippen LogP contribution in [-0.2, 0) is 15.9 Å². The first-order valence-electron chi connectivity index (χ1n) is 16.1. The monoisotopic (exact) mass is 608 g/mol. The number of hydrogen-bond acceptors (Lipinski definition) is 10. The summed E-state index contributed by atoms with van der Waals surface area (Å²) < 4.78 is 11.6. The molecule has 1 aliphatic carbocycles. The fourth-order valence-corrected chi connectivity index (χ4v) is 5.49. The zero-order valence-corrected chi connectivity index (χ0v) is 26.5. The standard InChI is InChI=1S/C18H22N4O.C17H22N4O/c1-12-8-14(17-11-19-6-7-23-17)4-5-16(12)22-18-20-9-15(10-21-18)13-2-3-13;1-3-13-9-19-17(20-10-13)21-15-5-4-14(8-12(15)2)16-11-18-6-7-22-16/h4-5,8-10,13,17,19H,2-3,6-7,11H2,1H3,(H,20,21,22);4-5,8-10,16,18H,3,6-7,11H2,1-2H3,(H,19,20,21). The molecule has 2 saturated heterocycles. The van der Waals surface area contributed by atoms with Gasteiger partial charge in [0.15, 0.2) is 0 Å². The molecule has 2 aromatic heterocycles. The van der Waals surface area contributed by atoms with Crippen LogP contribution < -0.4 is 21.3 Å². The van der Waals surface area contributed by atoms with Gasteiger partial charge >= 0.3 is 0 Å². The van der Waals surface area contributed by atoms with Gasteiger partial charge in [0.05, 0.1) is 25.4 Å². The minimum Gasteiger partial charge on any atom is -0.371 e. The van der Waals surface area contributed by atoms with Gasteiger partial charge in [-0.05, 0) is 84.5 Å². The summed E-state index contributed by atoms with van der Waals surface area (Å²) in [5, 5.41) is 13.3. The fraction of sp³-hybridized carbons (Fsp3) is 0.429. The molecule has 2 unspecified atom stereocenters. The van der Waals surface area contributed by atoms with Crippen LogP contribution in [0.1, 0.15) is 71.3 Å². The van der Waals surface area contributed by atoms with Crippen LogP contribution in [0, 0.1) is 13.8 Å². The zero-order valence-electron chi connectivity index (χ0n) is 26.5. The Hall–Kier alpha value is -3.96. The van der Waals surface area contributed by atoms with Crippen molar-refractivity contribution in [3.05, 3.63) is 94.6 Å². The van der Waals surface area contributed by atoms with E-state index in [0.717, 1.165) is 68.3 Å². The van der Waals surface area contributed by atoms with Gasteiger partial charge in [0.25, 0.3) is 0 Å². The second-order valence-corrected chi connectivity index (χ2v) is 11.9. The van der Waals surface area contributed by atoms with Crippen molar-refractivity contribution in [1.82, 2.24) is 30.6 Å². The van der Waals surface area contributed by atoms with Crippen molar-refractivity contribution in [3.63, 3.8) is 0 Å². The van der Waals surface area contributed by atoms with Crippen LogP contribution in [0.15, 0.2) is 61.2 Å². The Kier molecular flexibility index (Phi) is 10.3. The first-order valence-corrected chi connectivity index (χ1v) is 16.1. The SMILES string of the molecule is CCc1cnc(Nc2ccc(C3CNCCO3)cc2C)nc1.Cc1cc(C2CNCCO2)ccc1Nc1ncc(C2CC2)cn1. The number of ether oxygens (including phenoxy) is 2. The molecule has 45 heavy (non-hydrogen) atoms. The van der Waals surface area contributed by atoms with E-state index in [0.29, 0.717) is 17.8 Å². The Morgan fingerprint density at radius 1 is 0.689 bits per heavy atom. The molecule has 4 aromatic rings. The Balaban J connectivity index is 0.000000159. The zero-order chi connectivity index (χ0) is 31.0. The number of aryl methyl sites for hydroxylation is 3. The second-order valence-electron chi connectivity index (χ2n) is 11.9. The Morgan fingerprint density at radius 3 is 1.58 bits per heavy atom. The van der Waals surface area contributed by atoms with Crippen LogP contribution in [0.3, 0.4) is 0 Å². The smallest absolute Gasteiger partial charge is 0.227 e. The Bertz CT molecular complexity index is 1530. The third-order valence-electron chi connectivity index (χ3n) is 8.43. The summed E-state index contributed by atoms with van der Waals surface area (Å²) in [4.78, 5) is 17.5. The molecule has 0 spiro atoms. The maximum atomic E-state index is 5.81. The van der Waals surface area contributed by atoms with Gasteiger partial charge in [-0.15, -0.1) is 0 Å². The number of benzene rings is 2. The number of morpholine rings is 2. The second kappa shape index (κ2) is 14.9. The van der Waals surface area contributed by atoms with Crippen molar-refractivity contribution in [3.8, 4) is 0 Å². The van der Waals surface area contributed by atoms with Gasteiger partial charge < -0.3 is 30.7 Å². The highest BCUT2D eigenvalue weighted by Gasteiger charge is 2.24. The maximum Gasteiger partial charge on any atom is 0.227 e. The summed E-state index contributed by atoms with van der Waals surface area (Å²) >= 11 is 0. The van der Waals surface area contributed by atoms with Gasteiger partial charge in [0, 0.05) is 62.3 Å². The third kappa shape index (κ3) is 8.40. The predicted molar refractivity (Wildman–Crippen MR) is 177 cm³/mol. The van der Waals surface area contributed by atoms with Crippen molar-refractivity contribution in [2.75, 3.05) is 50.0 Å². The number of anilines is 4. The lowest BCUT2D eigenvalue weighted by molar-refractivity contribution is 0.0276. The molecular weight excluding hydrogens is 564 g/mol. The molecule has 3 aliphatic rings. The molecule has 0 amide bonds. The Labute approximate surface area is 265 Å². The average molecular weight is 609 g/mol. The van der Waals surface area contributed by atoms with Gasteiger partial charge in [-0.1, -0.05) is 31.2 Å². The number of nitrogens with one attached hydrogen (secondary N) is 4. The molecule has 3 fully saturated rings. The van der Waals surface area contributed by atoms with E-state index in [1.54, 1.807) is 0 Å². The van der Waals surface area contributed by atoms with Crippen LogP contribution in [0.4, 0.5) is 23.3 Å². The van der Waals surface area contributed by atoms with Crippen LogP contribution in [-0.4, -0.2) is 59.3 Å². The molecular formula is C35H44N8O2. The predicted octanol–water partition coefficient (Wildman–Crippen LogP) is 5.82. The van der Waals surface area contributed by atoms with Crippen molar-refractivity contribution in [2.45, 2.75) is 58.2 Å². The van der Waals surface area contributed by atoms with Gasteiger partial charge in [-0.25, -0.2) is 19.9 Å².